The minimum Gasteiger partial charge on any atom is -0.472 e. The van der Waals surface area contributed by atoms with Crippen molar-refractivity contribution in [2.45, 2.75) is 31.5 Å². The lowest BCUT2D eigenvalue weighted by Gasteiger charge is -2.21. The number of carbonyl (C=O) groups excluding carboxylic acids is 2. The topological polar surface area (TPSA) is 91.6 Å². The highest BCUT2D eigenvalue weighted by Crippen LogP contribution is 2.31. The van der Waals surface area contributed by atoms with Gasteiger partial charge >= 0.3 is 0 Å². The number of benzene rings is 1. The van der Waals surface area contributed by atoms with Gasteiger partial charge in [0.1, 0.15) is 12.3 Å². The molecule has 1 unspecified atom stereocenters. The Morgan fingerprint density at radius 3 is 2.83 bits per heavy atom. The zero-order chi connectivity index (χ0) is 16.4. The van der Waals surface area contributed by atoms with Crippen LogP contribution in [0.4, 0.5) is 0 Å². The van der Waals surface area contributed by atoms with Crippen LogP contribution >= 0.6 is 0 Å². The van der Waals surface area contributed by atoms with E-state index in [0.717, 1.165) is 11.1 Å². The second-order valence-electron chi connectivity index (χ2n) is 5.66. The number of fused-ring (bicyclic) bond motifs is 1. The van der Waals surface area contributed by atoms with Gasteiger partial charge < -0.3 is 20.2 Å². The number of carbonyl (C=O) groups is 2. The van der Waals surface area contributed by atoms with Gasteiger partial charge in [0.2, 0.25) is 5.91 Å². The molecule has 1 aliphatic rings. The molecule has 0 saturated heterocycles. The maximum atomic E-state index is 12.3. The van der Waals surface area contributed by atoms with Gasteiger partial charge in [0.15, 0.2) is 0 Å². The summed E-state index contributed by atoms with van der Waals surface area (Å²) in [6, 6.07) is 7.96. The van der Waals surface area contributed by atoms with Crippen LogP contribution in [0, 0.1) is 0 Å². The Morgan fingerprint density at radius 1 is 1.30 bits per heavy atom. The fourth-order valence-electron chi connectivity index (χ4n) is 2.77. The molecule has 3 atom stereocenters. The normalized spacial score (nSPS) is 20.6. The smallest absolute Gasteiger partial charge is 0.255 e. The van der Waals surface area contributed by atoms with Gasteiger partial charge in [0.05, 0.1) is 24.0 Å². The van der Waals surface area contributed by atoms with Gasteiger partial charge in [-0.2, -0.15) is 0 Å². The molecule has 1 heterocycles. The Balaban J connectivity index is 1.64. The van der Waals surface area contributed by atoms with Crippen molar-refractivity contribution >= 4 is 11.8 Å². The standard InChI is InChI=1S/C17H18N2O4/c1-10(18-17(22)12-6-7-23-9-12)16(21)19-15-13-5-3-2-4-11(13)8-14(15)20/h2-7,9-10,14-15,20H,8H2,1H3,(H,18,22)(H,19,21)/t10?,14-,15+/m0/s1. The van der Waals surface area contributed by atoms with Crippen LogP contribution in [0.1, 0.15) is 34.5 Å². The molecule has 0 fully saturated rings. The number of furan rings is 1. The van der Waals surface area contributed by atoms with Crippen LogP contribution in [0.25, 0.3) is 0 Å². The van der Waals surface area contributed by atoms with Crippen molar-refractivity contribution in [1.82, 2.24) is 10.6 Å². The monoisotopic (exact) mass is 314 g/mol. The fourth-order valence-corrected chi connectivity index (χ4v) is 2.77. The summed E-state index contributed by atoms with van der Waals surface area (Å²) in [5, 5.41) is 15.6. The summed E-state index contributed by atoms with van der Waals surface area (Å²) in [6.07, 6.45) is 2.56. The molecular formula is C17H18N2O4. The van der Waals surface area contributed by atoms with Crippen molar-refractivity contribution in [2.75, 3.05) is 0 Å². The van der Waals surface area contributed by atoms with Gasteiger partial charge in [-0.05, 0) is 24.1 Å². The van der Waals surface area contributed by atoms with Crippen LogP contribution in [0.2, 0.25) is 0 Å². The molecule has 6 nitrogen and oxygen atoms in total. The maximum absolute atomic E-state index is 12.3. The van der Waals surface area contributed by atoms with Crippen molar-refractivity contribution in [3.05, 3.63) is 59.5 Å². The minimum absolute atomic E-state index is 0.345. The lowest BCUT2D eigenvalue weighted by atomic mass is 10.1. The van der Waals surface area contributed by atoms with Crippen molar-refractivity contribution in [1.29, 1.82) is 0 Å². The van der Waals surface area contributed by atoms with Crippen LogP contribution in [-0.4, -0.2) is 29.1 Å². The quantitative estimate of drug-likeness (QED) is 0.790. The van der Waals surface area contributed by atoms with E-state index in [-0.39, 0.29) is 11.8 Å². The summed E-state index contributed by atoms with van der Waals surface area (Å²) < 4.78 is 4.84. The second kappa shape index (κ2) is 6.26. The fraction of sp³-hybridized carbons (Fsp3) is 0.294. The number of rotatable bonds is 4. The van der Waals surface area contributed by atoms with E-state index in [1.165, 1.54) is 18.6 Å². The van der Waals surface area contributed by atoms with Crippen LogP contribution in [-0.2, 0) is 11.2 Å². The first kappa shape index (κ1) is 15.3. The predicted molar refractivity (Wildman–Crippen MR) is 82.7 cm³/mol. The van der Waals surface area contributed by atoms with Crippen LogP contribution in [0.5, 0.6) is 0 Å². The van der Waals surface area contributed by atoms with Crippen LogP contribution in [0.3, 0.4) is 0 Å². The Kier molecular flexibility index (Phi) is 4.16. The summed E-state index contributed by atoms with van der Waals surface area (Å²) in [5.74, 6) is -0.726. The molecule has 2 amide bonds. The molecule has 2 aromatic rings. The zero-order valence-corrected chi connectivity index (χ0v) is 12.7. The first-order valence-electron chi connectivity index (χ1n) is 7.45. The SMILES string of the molecule is CC(NC(=O)c1ccoc1)C(=O)N[C@@H]1c2ccccc2C[C@@H]1O. The molecule has 0 radical (unpaired) electrons. The molecule has 23 heavy (non-hydrogen) atoms. The highest BCUT2D eigenvalue weighted by Gasteiger charge is 2.33. The molecule has 0 aliphatic heterocycles. The van der Waals surface area contributed by atoms with E-state index in [0.29, 0.717) is 12.0 Å². The van der Waals surface area contributed by atoms with E-state index in [9.17, 15) is 14.7 Å². The molecule has 1 aromatic heterocycles. The third-order valence-corrected chi connectivity index (χ3v) is 4.03. The van der Waals surface area contributed by atoms with E-state index in [1.807, 2.05) is 24.3 Å². The number of amides is 2. The lowest BCUT2D eigenvalue weighted by molar-refractivity contribution is -0.124. The molecule has 1 aromatic carbocycles. The lowest BCUT2D eigenvalue weighted by Crippen LogP contribution is -2.47. The van der Waals surface area contributed by atoms with Crippen molar-refractivity contribution in [3.63, 3.8) is 0 Å². The first-order chi connectivity index (χ1) is 11.1. The average molecular weight is 314 g/mol. The Labute approximate surface area is 133 Å². The zero-order valence-electron chi connectivity index (χ0n) is 12.7. The third-order valence-electron chi connectivity index (χ3n) is 4.03. The van der Waals surface area contributed by atoms with E-state index in [2.05, 4.69) is 10.6 Å². The number of hydrogen-bond acceptors (Lipinski definition) is 4. The molecule has 3 N–H and O–H groups in total. The van der Waals surface area contributed by atoms with Crippen LogP contribution < -0.4 is 10.6 Å². The van der Waals surface area contributed by atoms with Crippen molar-refractivity contribution < 1.29 is 19.1 Å². The number of aliphatic hydroxyl groups is 1. The van der Waals surface area contributed by atoms with Gasteiger partial charge in [-0.3, -0.25) is 9.59 Å². The Morgan fingerprint density at radius 2 is 2.09 bits per heavy atom. The molecule has 0 saturated carbocycles. The number of hydrogen-bond donors (Lipinski definition) is 3. The van der Waals surface area contributed by atoms with E-state index >= 15 is 0 Å². The molecule has 0 bridgehead atoms. The van der Waals surface area contributed by atoms with E-state index in [4.69, 9.17) is 4.42 Å². The van der Waals surface area contributed by atoms with Gasteiger partial charge in [-0.15, -0.1) is 0 Å². The summed E-state index contributed by atoms with van der Waals surface area (Å²) >= 11 is 0. The summed E-state index contributed by atoms with van der Waals surface area (Å²) in [5.41, 5.74) is 2.30. The van der Waals surface area contributed by atoms with Gasteiger partial charge in [-0.25, -0.2) is 0 Å². The second-order valence-corrected chi connectivity index (χ2v) is 5.66. The number of nitrogens with one attached hydrogen (secondary N) is 2. The largest absolute Gasteiger partial charge is 0.472 e. The molecule has 120 valence electrons. The summed E-state index contributed by atoms with van der Waals surface area (Å²) in [7, 11) is 0. The van der Waals surface area contributed by atoms with Gasteiger partial charge in [0, 0.05) is 6.42 Å². The van der Waals surface area contributed by atoms with Gasteiger partial charge in [0.25, 0.3) is 5.91 Å². The van der Waals surface area contributed by atoms with E-state index in [1.54, 1.807) is 6.92 Å². The first-order valence-corrected chi connectivity index (χ1v) is 7.45. The van der Waals surface area contributed by atoms with Gasteiger partial charge in [-0.1, -0.05) is 24.3 Å². The maximum Gasteiger partial charge on any atom is 0.255 e. The van der Waals surface area contributed by atoms with Crippen LogP contribution in [0.15, 0.2) is 47.3 Å². The number of aliphatic hydroxyl groups excluding tert-OH is 1. The summed E-state index contributed by atoms with van der Waals surface area (Å²) in [4.78, 5) is 24.2. The molecular weight excluding hydrogens is 296 g/mol. The molecule has 3 rings (SSSR count). The summed E-state index contributed by atoms with van der Waals surface area (Å²) in [6.45, 7) is 1.60. The average Bonchev–Trinajstić information content (AvgIpc) is 3.16. The van der Waals surface area contributed by atoms with E-state index < -0.39 is 18.2 Å². The van der Waals surface area contributed by atoms with Crippen molar-refractivity contribution in [3.8, 4) is 0 Å². The molecule has 1 aliphatic carbocycles. The molecule has 0 spiro atoms. The predicted octanol–water partition coefficient (Wildman–Crippen LogP) is 1.17. The highest BCUT2D eigenvalue weighted by atomic mass is 16.3. The third kappa shape index (κ3) is 3.12. The minimum atomic E-state index is -0.725. The molecule has 6 heteroatoms. The van der Waals surface area contributed by atoms with Crippen molar-refractivity contribution in [2.24, 2.45) is 0 Å². The Hall–Kier alpha value is -2.60. The Bertz CT molecular complexity index is 711. The highest BCUT2D eigenvalue weighted by molar-refractivity contribution is 5.97.